The van der Waals surface area contributed by atoms with Crippen LogP contribution in [-0.2, 0) is 14.8 Å². The van der Waals surface area contributed by atoms with Gasteiger partial charge in [0.05, 0.1) is 18.5 Å². The lowest BCUT2D eigenvalue weighted by atomic mass is 10.0. The van der Waals surface area contributed by atoms with Crippen molar-refractivity contribution in [1.29, 1.82) is 0 Å². The zero-order valence-corrected chi connectivity index (χ0v) is 19.7. The van der Waals surface area contributed by atoms with Crippen LogP contribution in [0, 0.1) is 0 Å². The fraction of sp³-hybridized carbons (Fsp3) is 0.381. The number of carbonyl (C=O) groups excluding carboxylic acids is 1. The molecule has 0 fully saturated rings. The van der Waals surface area contributed by atoms with Crippen LogP contribution in [0.15, 0.2) is 42.5 Å². The maximum atomic E-state index is 12.6. The van der Waals surface area contributed by atoms with E-state index in [2.05, 4.69) is 19.2 Å². The smallest absolute Gasteiger partial charge is 0.243 e. The molecule has 6 nitrogen and oxygen atoms in total. The minimum absolute atomic E-state index is 0.222. The normalized spacial score (nSPS) is 12.5. The standard InChI is InChI=1S/C21H26Cl2N2O4S/c1-14(2)19-7-5-6-8-20(19)29-10-9-24-21(26)15(3)25(30(4,27)28)18-12-16(22)11-17(23)13-18/h5-8,11-15H,9-10H2,1-4H3,(H,24,26)/t15-/m1/s1. The Labute approximate surface area is 188 Å². The van der Waals surface area contributed by atoms with Gasteiger partial charge in [0.2, 0.25) is 15.9 Å². The van der Waals surface area contributed by atoms with Crippen molar-refractivity contribution < 1.29 is 17.9 Å². The molecule has 1 atom stereocenters. The summed E-state index contributed by atoms with van der Waals surface area (Å²) in [6, 6.07) is 11.1. The Bertz CT molecular complexity index is 976. The van der Waals surface area contributed by atoms with Crippen LogP contribution in [0.1, 0.15) is 32.3 Å². The molecular formula is C21H26Cl2N2O4S. The van der Waals surface area contributed by atoms with E-state index in [1.165, 1.54) is 25.1 Å². The van der Waals surface area contributed by atoms with E-state index in [0.717, 1.165) is 21.9 Å². The van der Waals surface area contributed by atoms with Crippen molar-refractivity contribution in [3.8, 4) is 5.75 Å². The molecular weight excluding hydrogens is 447 g/mol. The van der Waals surface area contributed by atoms with Crippen LogP contribution < -0.4 is 14.4 Å². The molecule has 0 spiro atoms. The summed E-state index contributed by atoms with van der Waals surface area (Å²) in [6.45, 7) is 6.13. The molecule has 0 heterocycles. The number of sulfonamides is 1. The van der Waals surface area contributed by atoms with Crippen LogP contribution in [0.2, 0.25) is 10.0 Å². The molecule has 0 aliphatic heterocycles. The van der Waals surface area contributed by atoms with Crippen molar-refractivity contribution in [3.63, 3.8) is 0 Å². The van der Waals surface area contributed by atoms with Crippen molar-refractivity contribution in [2.24, 2.45) is 0 Å². The molecule has 0 unspecified atom stereocenters. The summed E-state index contributed by atoms with van der Waals surface area (Å²) in [5.41, 5.74) is 1.30. The number of benzene rings is 2. The summed E-state index contributed by atoms with van der Waals surface area (Å²) >= 11 is 12.0. The van der Waals surface area contributed by atoms with Gasteiger partial charge in [0.15, 0.2) is 0 Å². The third-order valence-electron chi connectivity index (χ3n) is 4.39. The third-order valence-corrected chi connectivity index (χ3v) is 6.07. The zero-order valence-electron chi connectivity index (χ0n) is 17.4. The first kappa shape index (κ1) is 24.3. The fourth-order valence-corrected chi connectivity index (χ4v) is 4.72. The summed E-state index contributed by atoms with van der Waals surface area (Å²) in [7, 11) is -3.76. The molecule has 0 saturated carbocycles. The van der Waals surface area contributed by atoms with Gasteiger partial charge in [-0.2, -0.15) is 0 Å². The van der Waals surface area contributed by atoms with E-state index in [1.807, 2.05) is 24.3 Å². The minimum Gasteiger partial charge on any atom is -0.491 e. The molecule has 0 aromatic heterocycles. The van der Waals surface area contributed by atoms with Gasteiger partial charge in [0.1, 0.15) is 18.4 Å². The van der Waals surface area contributed by atoms with Crippen LogP contribution in [0.4, 0.5) is 5.69 Å². The monoisotopic (exact) mass is 472 g/mol. The van der Waals surface area contributed by atoms with E-state index < -0.39 is 22.0 Å². The third kappa shape index (κ3) is 6.52. The first-order valence-electron chi connectivity index (χ1n) is 9.45. The quantitative estimate of drug-likeness (QED) is 0.546. The molecule has 1 amide bonds. The number of halogens is 2. The number of para-hydroxylation sites is 1. The molecule has 164 valence electrons. The molecule has 2 aromatic rings. The molecule has 0 saturated heterocycles. The number of hydrogen-bond donors (Lipinski definition) is 1. The lowest BCUT2D eigenvalue weighted by molar-refractivity contribution is -0.121. The second-order valence-electron chi connectivity index (χ2n) is 7.19. The number of anilines is 1. The number of carbonyl (C=O) groups is 1. The van der Waals surface area contributed by atoms with Crippen molar-refractivity contribution in [1.82, 2.24) is 5.32 Å². The molecule has 2 rings (SSSR count). The maximum Gasteiger partial charge on any atom is 0.243 e. The summed E-state index contributed by atoms with van der Waals surface area (Å²) in [5, 5.41) is 3.27. The topological polar surface area (TPSA) is 75.7 Å². The summed E-state index contributed by atoms with van der Waals surface area (Å²) < 4.78 is 31.5. The molecule has 30 heavy (non-hydrogen) atoms. The highest BCUT2D eigenvalue weighted by atomic mass is 35.5. The molecule has 0 bridgehead atoms. The van der Waals surface area contributed by atoms with Crippen LogP contribution in [-0.4, -0.2) is 39.8 Å². The minimum atomic E-state index is -3.76. The van der Waals surface area contributed by atoms with E-state index in [9.17, 15) is 13.2 Å². The van der Waals surface area contributed by atoms with E-state index in [0.29, 0.717) is 5.92 Å². The first-order valence-corrected chi connectivity index (χ1v) is 12.1. The lowest BCUT2D eigenvalue weighted by Gasteiger charge is -2.28. The lowest BCUT2D eigenvalue weighted by Crippen LogP contribution is -2.48. The van der Waals surface area contributed by atoms with E-state index in [4.69, 9.17) is 27.9 Å². The van der Waals surface area contributed by atoms with Crippen molar-refractivity contribution >= 4 is 44.8 Å². The van der Waals surface area contributed by atoms with E-state index >= 15 is 0 Å². The van der Waals surface area contributed by atoms with Gasteiger partial charge < -0.3 is 10.1 Å². The molecule has 1 N–H and O–H groups in total. The van der Waals surface area contributed by atoms with Gasteiger partial charge in [-0.25, -0.2) is 8.42 Å². The highest BCUT2D eigenvalue weighted by molar-refractivity contribution is 7.92. The Morgan fingerprint density at radius 3 is 2.27 bits per heavy atom. The Morgan fingerprint density at radius 1 is 1.10 bits per heavy atom. The predicted octanol–water partition coefficient (Wildman–Crippen LogP) is 4.47. The largest absolute Gasteiger partial charge is 0.491 e. The average Bonchev–Trinajstić information content (AvgIpc) is 2.63. The maximum absolute atomic E-state index is 12.6. The van der Waals surface area contributed by atoms with Crippen molar-refractivity contribution in [3.05, 3.63) is 58.1 Å². The highest BCUT2D eigenvalue weighted by Crippen LogP contribution is 2.29. The van der Waals surface area contributed by atoms with Gasteiger partial charge in [-0.1, -0.05) is 55.2 Å². The number of rotatable bonds is 9. The van der Waals surface area contributed by atoms with Gasteiger partial charge in [-0.05, 0) is 42.7 Å². The number of amides is 1. The second kappa shape index (κ2) is 10.4. The summed E-state index contributed by atoms with van der Waals surface area (Å²) in [6.07, 6.45) is 1.03. The number of ether oxygens (including phenoxy) is 1. The van der Waals surface area contributed by atoms with Gasteiger partial charge in [0.25, 0.3) is 0 Å². The van der Waals surface area contributed by atoms with Gasteiger partial charge in [0, 0.05) is 10.0 Å². The highest BCUT2D eigenvalue weighted by Gasteiger charge is 2.29. The Morgan fingerprint density at radius 2 is 1.70 bits per heavy atom. The second-order valence-corrected chi connectivity index (χ2v) is 9.93. The van der Waals surface area contributed by atoms with Crippen molar-refractivity contribution in [2.75, 3.05) is 23.7 Å². The summed E-state index contributed by atoms with van der Waals surface area (Å²) in [4.78, 5) is 12.6. The number of nitrogens with zero attached hydrogens (tertiary/aromatic N) is 1. The first-order chi connectivity index (χ1) is 14.0. The van der Waals surface area contributed by atoms with Crippen LogP contribution in [0.25, 0.3) is 0 Å². The van der Waals surface area contributed by atoms with Crippen LogP contribution in [0.3, 0.4) is 0 Å². The number of hydrogen-bond acceptors (Lipinski definition) is 4. The molecule has 0 aliphatic carbocycles. The molecule has 2 aromatic carbocycles. The fourth-order valence-electron chi connectivity index (χ4n) is 3.05. The summed E-state index contributed by atoms with van der Waals surface area (Å²) in [5.74, 6) is 0.613. The van der Waals surface area contributed by atoms with Gasteiger partial charge in [-0.15, -0.1) is 0 Å². The van der Waals surface area contributed by atoms with Crippen LogP contribution >= 0.6 is 23.2 Å². The van der Waals surface area contributed by atoms with Crippen molar-refractivity contribution in [2.45, 2.75) is 32.7 Å². The Balaban J connectivity index is 2.04. The SMILES string of the molecule is CC(C)c1ccccc1OCCNC(=O)[C@@H](C)N(c1cc(Cl)cc(Cl)c1)S(C)(=O)=O. The predicted molar refractivity (Wildman–Crippen MR) is 122 cm³/mol. The molecule has 9 heteroatoms. The van der Waals surface area contributed by atoms with Gasteiger partial charge >= 0.3 is 0 Å². The van der Waals surface area contributed by atoms with E-state index in [1.54, 1.807) is 0 Å². The molecule has 0 aliphatic rings. The Hall–Kier alpha value is -1.96. The van der Waals surface area contributed by atoms with Gasteiger partial charge in [-0.3, -0.25) is 9.10 Å². The van der Waals surface area contributed by atoms with Crippen LogP contribution in [0.5, 0.6) is 5.75 Å². The number of nitrogens with one attached hydrogen (secondary N) is 1. The average molecular weight is 473 g/mol. The zero-order chi connectivity index (χ0) is 22.5. The van der Waals surface area contributed by atoms with E-state index in [-0.39, 0.29) is 28.9 Å². The Kier molecular flexibility index (Phi) is 8.41. The molecule has 0 radical (unpaired) electrons.